The van der Waals surface area contributed by atoms with Gasteiger partial charge in [-0.05, 0) is 31.2 Å². The van der Waals surface area contributed by atoms with E-state index < -0.39 is 5.97 Å². The van der Waals surface area contributed by atoms with Crippen molar-refractivity contribution in [2.24, 2.45) is 0 Å². The van der Waals surface area contributed by atoms with E-state index >= 15 is 0 Å². The fourth-order valence-electron chi connectivity index (χ4n) is 2.60. The van der Waals surface area contributed by atoms with E-state index in [1.54, 1.807) is 7.05 Å². The minimum absolute atomic E-state index is 0.0932. The molecule has 1 heterocycles. The molecule has 0 aromatic carbocycles. The normalized spacial score (nSPS) is 13.4. The molecule has 120 valence electrons. The summed E-state index contributed by atoms with van der Waals surface area (Å²) in [6, 6.07) is 0. The van der Waals surface area contributed by atoms with Crippen LogP contribution in [0.2, 0.25) is 0 Å². The monoisotopic (exact) mass is 324 g/mol. The quantitative estimate of drug-likeness (QED) is 0.868. The Kier molecular flexibility index (Phi) is 5.18. The van der Waals surface area contributed by atoms with Crippen LogP contribution in [0.4, 0.5) is 5.00 Å². The van der Waals surface area contributed by atoms with Gasteiger partial charge in [0.25, 0.3) is 5.91 Å². The van der Waals surface area contributed by atoms with Crippen molar-refractivity contribution >= 4 is 34.1 Å². The Balaban J connectivity index is 2.30. The molecule has 6 nitrogen and oxygen atoms in total. The number of aryl methyl sites for hydroxylation is 1. The van der Waals surface area contributed by atoms with Crippen molar-refractivity contribution in [3.8, 4) is 0 Å². The number of nitrogens with zero attached hydrogens (tertiary/aromatic N) is 1. The summed E-state index contributed by atoms with van der Waals surface area (Å²) in [5, 5.41) is 12.1. The third-order valence-corrected chi connectivity index (χ3v) is 4.89. The molecule has 2 N–H and O–H groups in total. The molecular formula is C15H20N2O4S. The summed E-state index contributed by atoms with van der Waals surface area (Å²) in [6.07, 6.45) is 3.79. The van der Waals surface area contributed by atoms with Gasteiger partial charge in [-0.2, -0.15) is 0 Å². The van der Waals surface area contributed by atoms with Gasteiger partial charge in [0.1, 0.15) is 5.00 Å². The molecule has 1 aliphatic rings. The summed E-state index contributed by atoms with van der Waals surface area (Å²) >= 11 is 1.46. The van der Waals surface area contributed by atoms with E-state index in [1.807, 2.05) is 0 Å². The van der Waals surface area contributed by atoms with Crippen molar-refractivity contribution in [3.63, 3.8) is 0 Å². The molecule has 2 rings (SSSR count). The Morgan fingerprint density at radius 1 is 1.27 bits per heavy atom. The van der Waals surface area contributed by atoms with Gasteiger partial charge in [-0.1, -0.05) is 0 Å². The van der Waals surface area contributed by atoms with Crippen molar-refractivity contribution in [1.29, 1.82) is 0 Å². The summed E-state index contributed by atoms with van der Waals surface area (Å²) in [5.41, 5.74) is 1.56. The Morgan fingerprint density at radius 3 is 2.59 bits per heavy atom. The first kappa shape index (κ1) is 16.5. The molecule has 0 saturated carbocycles. The lowest BCUT2D eigenvalue weighted by atomic mass is 9.95. The number of carboxylic acid groups (broad SMARTS) is 1. The molecule has 0 unspecified atom stereocenters. The second kappa shape index (κ2) is 6.91. The number of hydrogen-bond acceptors (Lipinski definition) is 4. The third-order valence-electron chi connectivity index (χ3n) is 3.68. The van der Waals surface area contributed by atoms with Crippen LogP contribution in [0.25, 0.3) is 0 Å². The zero-order valence-electron chi connectivity index (χ0n) is 12.8. The molecule has 22 heavy (non-hydrogen) atoms. The average Bonchev–Trinajstić information content (AvgIpc) is 2.80. The Morgan fingerprint density at radius 2 is 1.95 bits per heavy atom. The van der Waals surface area contributed by atoms with E-state index in [-0.39, 0.29) is 24.8 Å². The van der Waals surface area contributed by atoms with Gasteiger partial charge in [-0.3, -0.25) is 14.4 Å². The van der Waals surface area contributed by atoms with Crippen LogP contribution in [-0.2, 0) is 22.4 Å². The van der Waals surface area contributed by atoms with E-state index in [2.05, 4.69) is 5.32 Å². The third kappa shape index (κ3) is 3.65. The summed E-state index contributed by atoms with van der Waals surface area (Å²) < 4.78 is 0. The molecule has 0 atom stereocenters. The van der Waals surface area contributed by atoms with Crippen LogP contribution < -0.4 is 5.32 Å². The fourth-order valence-corrected chi connectivity index (χ4v) is 3.92. The van der Waals surface area contributed by atoms with Gasteiger partial charge < -0.3 is 15.3 Å². The predicted molar refractivity (Wildman–Crippen MR) is 84.5 cm³/mol. The Bertz CT molecular complexity index is 609. The van der Waals surface area contributed by atoms with Gasteiger partial charge >= 0.3 is 5.97 Å². The number of aliphatic carboxylic acids is 1. The smallest absolute Gasteiger partial charge is 0.305 e. The number of carbonyl (C=O) groups excluding carboxylic acids is 2. The topological polar surface area (TPSA) is 86.7 Å². The molecule has 1 aromatic heterocycles. The second-order valence-corrected chi connectivity index (χ2v) is 6.57. The van der Waals surface area contributed by atoms with E-state index in [0.29, 0.717) is 10.6 Å². The summed E-state index contributed by atoms with van der Waals surface area (Å²) in [5.74, 6) is -1.36. The highest BCUT2D eigenvalue weighted by Gasteiger charge is 2.27. The number of rotatable bonds is 5. The summed E-state index contributed by atoms with van der Waals surface area (Å²) in [7, 11) is 1.59. The van der Waals surface area contributed by atoms with Crippen LogP contribution in [0.5, 0.6) is 0 Å². The van der Waals surface area contributed by atoms with Crippen LogP contribution in [0.1, 0.15) is 47.0 Å². The summed E-state index contributed by atoms with van der Waals surface area (Å²) in [6.45, 7) is 1.57. The highest BCUT2D eigenvalue weighted by Crippen LogP contribution is 2.38. The van der Waals surface area contributed by atoms with Crippen molar-refractivity contribution in [2.45, 2.75) is 39.0 Å². The minimum Gasteiger partial charge on any atom is -0.481 e. The first-order valence-corrected chi connectivity index (χ1v) is 8.11. The molecule has 0 spiro atoms. The van der Waals surface area contributed by atoms with E-state index in [9.17, 15) is 14.4 Å². The van der Waals surface area contributed by atoms with Crippen molar-refractivity contribution in [2.75, 3.05) is 18.9 Å². The predicted octanol–water partition coefficient (Wildman–Crippen LogP) is 2.13. The number of thiophene rings is 1. The van der Waals surface area contributed by atoms with Gasteiger partial charge in [-0.25, -0.2) is 0 Å². The zero-order chi connectivity index (χ0) is 16.3. The zero-order valence-corrected chi connectivity index (χ0v) is 13.6. The first-order chi connectivity index (χ1) is 10.4. The molecule has 1 aliphatic carbocycles. The molecule has 2 amide bonds. The Labute approximate surface area is 133 Å². The molecule has 0 saturated heterocycles. The molecule has 0 radical (unpaired) electrons. The lowest BCUT2D eigenvalue weighted by molar-refractivity contribution is -0.137. The highest BCUT2D eigenvalue weighted by atomic mass is 32.1. The minimum atomic E-state index is -0.936. The standard InChI is InChI=1S/C15H20N2O4S/c1-9(18)16-14-13(10-5-3-4-6-11(10)22-14)15(21)17(2)8-7-12(19)20/h3-8H2,1-2H3,(H,16,18)(H,19,20). The second-order valence-electron chi connectivity index (χ2n) is 5.47. The van der Waals surface area contributed by atoms with Gasteiger partial charge in [0.15, 0.2) is 0 Å². The van der Waals surface area contributed by atoms with Crippen LogP contribution >= 0.6 is 11.3 Å². The van der Waals surface area contributed by atoms with E-state index in [4.69, 9.17) is 5.11 Å². The molecule has 0 aliphatic heterocycles. The molecule has 1 aromatic rings. The van der Waals surface area contributed by atoms with Gasteiger partial charge in [0.2, 0.25) is 5.91 Å². The van der Waals surface area contributed by atoms with Crippen LogP contribution in [0, 0.1) is 0 Å². The Hall–Kier alpha value is -1.89. The number of nitrogens with one attached hydrogen (secondary N) is 1. The number of fused-ring (bicyclic) bond motifs is 1. The summed E-state index contributed by atoms with van der Waals surface area (Å²) in [4.78, 5) is 37.3. The number of carbonyl (C=O) groups is 3. The molecule has 0 fully saturated rings. The SMILES string of the molecule is CC(=O)Nc1sc2c(c1C(=O)N(C)CCC(=O)O)CCCC2. The maximum absolute atomic E-state index is 12.7. The van der Waals surface area contributed by atoms with Crippen molar-refractivity contribution in [3.05, 3.63) is 16.0 Å². The largest absolute Gasteiger partial charge is 0.481 e. The first-order valence-electron chi connectivity index (χ1n) is 7.29. The maximum atomic E-state index is 12.7. The van der Waals surface area contributed by atoms with Gasteiger partial charge in [-0.15, -0.1) is 11.3 Å². The van der Waals surface area contributed by atoms with Crippen molar-refractivity contribution < 1.29 is 19.5 Å². The van der Waals surface area contributed by atoms with Gasteiger partial charge in [0, 0.05) is 25.4 Å². The highest BCUT2D eigenvalue weighted by molar-refractivity contribution is 7.17. The van der Waals surface area contributed by atoms with E-state index in [1.165, 1.54) is 23.2 Å². The maximum Gasteiger partial charge on any atom is 0.305 e. The van der Waals surface area contributed by atoms with Crippen LogP contribution in [0.15, 0.2) is 0 Å². The number of anilines is 1. The molecule has 0 bridgehead atoms. The lowest BCUT2D eigenvalue weighted by Gasteiger charge is -2.19. The lowest BCUT2D eigenvalue weighted by Crippen LogP contribution is -2.30. The number of carboxylic acids is 1. The van der Waals surface area contributed by atoms with Crippen LogP contribution in [0.3, 0.4) is 0 Å². The van der Waals surface area contributed by atoms with Crippen LogP contribution in [-0.4, -0.2) is 41.4 Å². The fraction of sp³-hybridized carbons (Fsp3) is 0.533. The molecular weight excluding hydrogens is 304 g/mol. The molecule has 7 heteroatoms. The number of amides is 2. The van der Waals surface area contributed by atoms with Crippen molar-refractivity contribution in [1.82, 2.24) is 4.90 Å². The van der Waals surface area contributed by atoms with E-state index in [0.717, 1.165) is 36.1 Å². The van der Waals surface area contributed by atoms with Gasteiger partial charge in [0.05, 0.1) is 12.0 Å². The number of hydrogen-bond donors (Lipinski definition) is 2. The average molecular weight is 324 g/mol.